The molecule has 3 aromatic rings. The predicted octanol–water partition coefficient (Wildman–Crippen LogP) is 4.72. The number of rotatable bonds is 5. The van der Waals surface area contributed by atoms with E-state index >= 15 is 0 Å². The van der Waals surface area contributed by atoms with E-state index in [1.54, 1.807) is 0 Å². The largest absolute Gasteiger partial charge is 0.359 e. The van der Waals surface area contributed by atoms with Crippen LogP contribution >= 0.6 is 0 Å². The SMILES string of the molecule is Cc1ccc(-n2c(C)cc(C(=O)CN3CCCC3c3cc(C)no3)c2C)cc1. The summed E-state index contributed by atoms with van der Waals surface area (Å²) in [6.07, 6.45) is 2.07. The Bertz CT molecular complexity index is 998. The first-order valence-electron chi connectivity index (χ1n) is 9.90. The molecule has 2 aromatic heterocycles. The Kier molecular flexibility index (Phi) is 4.94. The third kappa shape index (κ3) is 3.42. The van der Waals surface area contributed by atoms with Gasteiger partial charge in [-0.1, -0.05) is 22.9 Å². The van der Waals surface area contributed by atoms with Gasteiger partial charge in [-0.2, -0.15) is 0 Å². The highest BCUT2D eigenvalue weighted by Crippen LogP contribution is 2.32. The fraction of sp³-hybridized carbons (Fsp3) is 0.391. The Labute approximate surface area is 165 Å². The molecule has 28 heavy (non-hydrogen) atoms. The van der Waals surface area contributed by atoms with E-state index in [-0.39, 0.29) is 11.8 Å². The fourth-order valence-electron chi connectivity index (χ4n) is 4.28. The molecular weight excluding hydrogens is 350 g/mol. The average Bonchev–Trinajstić information content (AvgIpc) is 3.36. The molecule has 0 saturated carbocycles. The van der Waals surface area contributed by atoms with Gasteiger partial charge < -0.3 is 9.09 Å². The summed E-state index contributed by atoms with van der Waals surface area (Å²) in [5, 5.41) is 4.01. The van der Waals surface area contributed by atoms with E-state index in [0.29, 0.717) is 6.54 Å². The number of carbonyl (C=O) groups excluding carboxylic acids is 1. The lowest BCUT2D eigenvalue weighted by Gasteiger charge is -2.21. The van der Waals surface area contributed by atoms with Crippen molar-refractivity contribution >= 4 is 5.78 Å². The second-order valence-corrected chi connectivity index (χ2v) is 7.88. The second-order valence-electron chi connectivity index (χ2n) is 7.88. The molecule has 3 heterocycles. The monoisotopic (exact) mass is 377 g/mol. The molecule has 0 radical (unpaired) electrons. The molecule has 1 saturated heterocycles. The van der Waals surface area contributed by atoms with Crippen LogP contribution in [0.2, 0.25) is 0 Å². The van der Waals surface area contributed by atoms with Gasteiger partial charge in [0.15, 0.2) is 11.5 Å². The highest BCUT2D eigenvalue weighted by molar-refractivity contribution is 5.99. The summed E-state index contributed by atoms with van der Waals surface area (Å²) >= 11 is 0. The Morgan fingerprint density at radius 2 is 1.89 bits per heavy atom. The molecule has 1 unspecified atom stereocenters. The van der Waals surface area contributed by atoms with E-state index in [1.165, 1.54) is 5.56 Å². The van der Waals surface area contributed by atoms with Crippen molar-refractivity contribution in [1.29, 1.82) is 0 Å². The number of benzene rings is 1. The normalized spacial score (nSPS) is 17.4. The summed E-state index contributed by atoms with van der Waals surface area (Å²) in [6.45, 7) is 9.41. The zero-order chi connectivity index (χ0) is 19.8. The van der Waals surface area contributed by atoms with Gasteiger partial charge in [-0.3, -0.25) is 9.69 Å². The van der Waals surface area contributed by atoms with Crippen LogP contribution < -0.4 is 0 Å². The third-order valence-corrected chi connectivity index (χ3v) is 5.71. The molecule has 4 rings (SSSR count). The Morgan fingerprint density at radius 3 is 2.57 bits per heavy atom. The molecule has 0 amide bonds. The van der Waals surface area contributed by atoms with Crippen LogP contribution in [-0.2, 0) is 0 Å². The van der Waals surface area contributed by atoms with E-state index in [4.69, 9.17) is 4.52 Å². The van der Waals surface area contributed by atoms with Crippen LogP contribution in [0.25, 0.3) is 5.69 Å². The number of hydrogen-bond donors (Lipinski definition) is 0. The van der Waals surface area contributed by atoms with Gasteiger partial charge in [0, 0.05) is 28.7 Å². The van der Waals surface area contributed by atoms with Gasteiger partial charge in [0.05, 0.1) is 18.3 Å². The Balaban J connectivity index is 1.57. The number of hydrogen-bond acceptors (Lipinski definition) is 4. The van der Waals surface area contributed by atoms with Crippen LogP contribution in [-0.4, -0.2) is 33.5 Å². The summed E-state index contributed by atoms with van der Waals surface area (Å²) in [7, 11) is 0. The van der Waals surface area contributed by atoms with E-state index in [9.17, 15) is 4.79 Å². The molecule has 1 aromatic carbocycles. The number of carbonyl (C=O) groups is 1. The van der Waals surface area contributed by atoms with Gasteiger partial charge in [-0.15, -0.1) is 0 Å². The lowest BCUT2D eigenvalue weighted by molar-refractivity contribution is 0.0910. The molecular formula is C23H27N3O2. The lowest BCUT2D eigenvalue weighted by atomic mass is 10.1. The average molecular weight is 377 g/mol. The number of likely N-dealkylation sites (tertiary alicyclic amines) is 1. The van der Waals surface area contributed by atoms with Crippen molar-refractivity contribution < 1.29 is 9.32 Å². The highest BCUT2D eigenvalue weighted by Gasteiger charge is 2.31. The van der Waals surface area contributed by atoms with Crippen molar-refractivity contribution in [3.63, 3.8) is 0 Å². The van der Waals surface area contributed by atoms with Crippen LogP contribution in [0.3, 0.4) is 0 Å². The van der Waals surface area contributed by atoms with Crippen LogP contribution in [0.15, 0.2) is 40.9 Å². The van der Waals surface area contributed by atoms with Gasteiger partial charge in [-0.25, -0.2) is 0 Å². The van der Waals surface area contributed by atoms with Crippen molar-refractivity contribution in [2.75, 3.05) is 13.1 Å². The molecule has 1 aliphatic heterocycles. The molecule has 1 fully saturated rings. The minimum Gasteiger partial charge on any atom is -0.359 e. The first kappa shape index (κ1) is 18.7. The van der Waals surface area contributed by atoms with E-state index in [1.807, 2.05) is 26.0 Å². The number of aryl methyl sites for hydroxylation is 3. The van der Waals surface area contributed by atoms with Gasteiger partial charge >= 0.3 is 0 Å². The smallest absolute Gasteiger partial charge is 0.178 e. The fourth-order valence-corrected chi connectivity index (χ4v) is 4.28. The van der Waals surface area contributed by atoms with E-state index in [2.05, 4.69) is 52.7 Å². The summed E-state index contributed by atoms with van der Waals surface area (Å²) in [4.78, 5) is 15.4. The van der Waals surface area contributed by atoms with Crippen molar-refractivity contribution in [1.82, 2.24) is 14.6 Å². The van der Waals surface area contributed by atoms with Crippen molar-refractivity contribution in [3.8, 4) is 5.69 Å². The molecule has 0 N–H and O–H groups in total. The summed E-state index contributed by atoms with van der Waals surface area (Å²) in [6, 6.07) is 12.6. The zero-order valence-electron chi connectivity index (χ0n) is 17.0. The van der Waals surface area contributed by atoms with Crippen LogP contribution in [0.5, 0.6) is 0 Å². The predicted molar refractivity (Wildman–Crippen MR) is 109 cm³/mol. The quantitative estimate of drug-likeness (QED) is 0.604. The Morgan fingerprint density at radius 1 is 1.14 bits per heavy atom. The zero-order valence-corrected chi connectivity index (χ0v) is 17.0. The van der Waals surface area contributed by atoms with Crippen molar-refractivity contribution in [2.24, 2.45) is 0 Å². The van der Waals surface area contributed by atoms with Crippen LogP contribution in [0.4, 0.5) is 0 Å². The second kappa shape index (κ2) is 7.40. The molecule has 0 bridgehead atoms. The molecule has 5 nitrogen and oxygen atoms in total. The molecule has 0 spiro atoms. The number of aromatic nitrogens is 2. The molecule has 1 aliphatic rings. The topological polar surface area (TPSA) is 51.3 Å². The number of Topliss-reactive ketones (excluding diaryl/α,β-unsaturated/α-hetero) is 1. The maximum absolute atomic E-state index is 13.2. The van der Waals surface area contributed by atoms with Gasteiger partial charge in [0.1, 0.15) is 0 Å². The van der Waals surface area contributed by atoms with E-state index < -0.39 is 0 Å². The maximum atomic E-state index is 13.2. The van der Waals surface area contributed by atoms with Crippen molar-refractivity contribution in [3.05, 3.63) is 70.4 Å². The number of nitrogens with zero attached hydrogens (tertiary/aromatic N) is 3. The third-order valence-electron chi connectivity index (χ3n) is 5.71. The highest BCUT2D eigenvalue weighted by atomic mass is 16.5. The minimum atomic E-state index is 0.144. The lowest BCUT2D eigenvalue weighted by Crippen LogP contribution is -2.29. The summed E-state index contributed by atoms with van der Waals surface area (Å²) in [5.74, 6) is 1.03. The molecule has 5 heteroatoms. The first-order valence-corrected chi connectivity index (χ1v) is 9.90. The van der Waals surface area contributed by atoms with Crippen molar-refractivity contribution in [2.45, 2.75) is 46.6 Å². The standard InChI is InChI=1S/C23H27N3O2/c1-15-7-9-19(10-8-15)26-17(3)13-20(18(26)4)22(27)14-25-11-5-6-21(25)23-12-16(2)24-28-23/h7-10,12-13,21H,5-6,11,14H2,1-4H3. The van der Waals surface area contributed by atoms with Crippen LogP contribution in [0.1, 0.15) is 57.6 Å². The number of ketones is 1. The van der Waals surface area contributed by atoms with Gasteiger partial charge in [-0.05, 0) is 65.3 Å². The van der Waals surface area contributed by atoms with Gasteiger partial charge in [0.25, 0.3) is 0 Å². The van der Waals surface area contributed by atoms with Crippen LogP contribution in [0, 0.1) is 27.7 Å². The van der Waals surface area contributed by atoms with Gasteiger partial charge in [0.2, 0.25) is 0 Å². The maximum Gasteiger partial charge on any atom is 0.178 e. The summed E-state index contributed by atoms with van der Waals surface area (Å²) in [5.41, 5.74) is 6.08. The Hall–Kier alpha value is -2.66. The minimum absolute atomic E-state index is 0.144. The first-order chi connectivity index (χ1) is 13.4. The molecule has 1 atom stereocenters. The molecule has 146 valence electrons. The molecule has 0 aliphatic carbocycles. The van der Waals surface area contributed by atoms with E-state index in [0.717, 1.165) is 53.5 Å². The summed E-state index contributed by atoms with van der Waals surface area (Å²) < 4.78 is 7.63.